The Labute approximate surface area is 171 Å². The molecule has 0 spiro atoms. The van der Waals surface area contributed by atoms with Gasteiger partial charge in [0.2, 0.25) is 0 Å². The third kappa shape index (κ3) is 4.31. The fraction of sp³-hybridized carbons (Fsp3) is 0.500. The highest BCUT2D eigenvalue weighted by molar-refractivity contribution is 7.71. The molecule has 0 saturated carbocycles. The van der Waals surface area contributed by atoms with Gasteiger partial charge in [-0.1, -0.05) is 4.09 Å². The van der Waals surface area contributed by atoms with Crippen LogP contribution in [0.15, 0.2) is 12.7 Å². The lowest BCUT2D eigenvalue weighted by molar-refractivity contribution is -0.0798. The number of anilines is 1. The summed E-state index contributed by atoms with van der Waals surface area (Å²) in [4.78, 5) is 38.8. The summed E-state index contributed by atoms with van der Waals surface area (Å²) in [5.74, 6) is 0.0651. The van der Waals surface area contributed by atoms with Crippen molar-refractivity contribution in [2.24, 2.45) is 0 Å². The fourth-order valence-corrected chi connectivity index (χ4v) is 6.88. The highest BCUT2D eigenvalue weighted by Crippen LogP contribution is 2.88. The summed E-state index contributed by atoms with van der Waals surface area (Å²) in [6.07, 6.45) is -3.40. The summed E-state index contributed by atoms with van der Waals surface area (Å²) in [6.45, 7) is -0.838. The minimum atomic E-state index is -5.31. The number of aliphatic hydroxyl groups excluding tert-OH is 2. The number of aromatic nitrogens is 4. The molecule has 6 atom stereocenters. The molecule has 31 heavy (non-hydrogen) atoms. The van der Waals surface area contributed by atoms with E-state index in [1.54, 1.807) is 0 Å². The van der Waals surface area contributed by atoms with Crippen LogP contribution in [0.4, 0.5) is 5.82 Å². The van der Waals surface area contributed by atoms with Gasteiger partial charge < -0.3 is 30.5 Å². The van der Waals surface area contributed by atoms with E-state index in [1.165, 1.54) is 10.9 Å². The van der Waals surface area contributed by atoms with Crippen molar-refractivity contribution in [2.45, 2.75) is 24.5 Å². The summed E-state index contributed by atoms with van der Waals surface area (Å²) in [5.41, 5.74) is 6.08. The Bertz CT molecular complexity index is 1150. The van der Waals surface area contributed by atoms with Crippen molar-refractivity contribution >= 4 is 40.4 Å². The molecule has 2 aromatic rings. The number of nitrogen functional groups attached to an aromatic ring is 1. The number of phosphoric acid groups is 1. The molecule has 4 heterocycles. The van der Waals surface area contributed by atoms with Gasteiger partial charge in [-0.05, 0) is 0 Å². The first-order chi connectivity index (χ1) is 14.3. The van der Waals surface area contributed by atoms with E-state index in [1.807, 2.05) is 0 Å². The molecule has 0 bridgehead atoms. The van der Waals surface area contributed by atoms with Gasteiger partial charge in [-0.2, -0.15) is 9.13 Å². The SMILES string of the molecule is Nc1ncnc2c1ncn2[C@@H]1O[C@H](COP(=O)(O)[O+]2O[P@@]2(=O)OP(=O)(O)O)[C@@H](O)[C@H]1O. The molecule has 0 aromatic carbocycles. The van der Waals surface area contributed by atoms with Gasteiger partial charge in [0.25, 0.3) is 0 Å². The molecule has 2 saturated heterocycles. The van der Waals surface area contributed by atoms with E-state index in [4.69, 9.17) is 20.3 Å². The number of nitrogens with two attached hydrogens (primary N) is 1. The van der Waals surface area contributed by atoms with Gasteiger partial charge >= 0.3 is 23.5 Å². The van der Waals surface area contributed by atoms with Gasteiger partial charge in [0, 0.05) is 0 Å². The topological polar surface area (TPSA) is 265 Å². The van der Waals surface area contributed by atoms with Crippen molar-refractivity contribution in [3.63, 3.8) is 0 Å². The first-order valence-electron chi connectivity index (χ1n) is 8.07. The zero-order chi connectivity index (χ0) is 22.8. The van der Waals surface area contributed by atoms with Crippen molar-refractivity contribution in [1.29, 1.82) is 0 Å². The number of imidazole rings is 1. The number of hydrogen-bond donors (Lipinski definition) is 6. The number of nitrogens with zero attached hydrogens (tertiary/aromatic N) is 4. The van der Waals surface area contributed by atoms with Gasteiger partial charge in [0.05, 0.1) is 17.6 Å². The van der Waals surface area contributed by atoms with Crippen LogP contribution in [-0.2, 0) is 36.0 Å². The molecule has 2 aromatic heterocycles. The Morgan fingerprint density at radius 2 is 1.94 bits per heavy atom. The average Bonchev–Trinajstić information content (AvgIpc) is 3.02. The maximum atomic E-state index is 12.1. The molecule has 0 radical (unpaired) electrons. The van der Waals surface area contributed by atoms with Crippen molar-refractivity contribution in [3.8, 4) is 0 Å². The average molecular weight is 506 g/mol. The number of rotatable bonds is 7. The predicted molar refractivity (Wildman–Crippen MR) is 94.3 cm³/mol. The zero-order valence-electron chi connectivity index (χ0n) is 14.9. The second kappa shape index (κ2) is 7.60. The molecule has 21 heteroatoms. The molecular weight excluding hydrogens is 491 g/mol. The molecule has 172 valence electrons. The summed E-state index contributed by atoms with van der Waals surface area (Å²) in [7, 11) is -15.2. The summed E-state index contributed by atoms with van der Waals surface area (Å²) < 4.78 is 54.6. The molecule has 7 N–H and O–H groups in total. The van der Waals surface area contributed by atoms with Crippen molar-refractivity contribution in [3.05, 3.63) is 12.7 Å². The molecule has 2 aliphatic heterocycles. The minimum Gasteiger partial charge on any atom is -0.387 e. The lowest BCUT2D eigenvalue weighted by Gasteiger charge is -2.16. The first-order valence-corrected chi connectivity index (χ1v) is 12.6. The van der Waals surface area contributed by atoms with E-state index >= 15 is 0 Å². The molecule has 2 fully saturated rings. The van der Waals surface area contributed by atoms with Gasteiger partial charge in [0.15, 0.2) is 17.7 Å². The number of aliphatic hydroxyl groups is 2. The van der Waals surface area contributed by atoms with Crippen LogP contribution in [0.2, 0.25) is 0 Å². The molecule has 0 aliphatic carbocycles. The molecule has 1 unspecified atom stereocenters. The third-order valence-corrected chi connectivity index (χ3v) is 8.73. The highest BCUT2D eigenvalue weighted by Gasteiger charge is 2.82. The monoisotopic (exact) mass is 506 g/mol. The van der Waals surface area contributed by atoms with Crippen LogP contribution in [0.1, 0.15) is 6.23 Å². The van der Waals surface area contributed by atoms with Gasteiger partial charge in [-0.25, -0.2) is 24.0 Å². The van der Waals surface area contributed by atoms with Crippen molar-refractivity contribution < 1.29 is 60.9 Å². The number of fused-ring (bicyclic) bond motifs is 1. The van der Waals surface area contributed by atoms with Crippen molar-refractivity contribution in [2.75, 3.05) is 12.3 Å². The fourth-order valence-electron chi connectivity index (χ4n) is 2.77. The van der Waals surface area contributed by atoms with E-state index in [0.29, 0.717) is 4.09 Å². The zero-order valence-corrected chi connectivity index (χ0v) is 17.6. The summed E-state index contributed by atoms with van der Waals surface area (Å²) in [6, 6.07) is 0. The Morgan fingerprint density at radius 1 is 1.23 bits per heavy atom. The maximum absolute atomic E-state index is 12.1. The summed E-state index contributed by atoms with van der Waals surface area (Å²) >= 11 is 0. The van der Waals surface area contributed by atoms with Crippen LogP contribution >= 0.6 is 23.5 Å². The van der Waals surface area contributed by atoms with E-state index in [-0.39, 0.29) is 17.0 Å². The Morgan fingerprint density at radius 3 is 2.61 bits per heavy atom. The third-order valence-electron chi connectivity index (χ3n) is 4.13. The van der Waals surface area contributed by atoms with Crippen LogP contribution in [0.25, 0.3) is 11.2 Å². The lowest BCUT2D eigenvalue weighted by Crippen LogP contribution is -2.33. The summed E-state index contributed by atoms with van der Waals surface area (Å²) in [5, 5.41) is 20.5. The van der Waals surface area contributed by atoms with Crippen LogP contribution in [0.3, 0.4) is 0 Å². The quantitative estimate of drug-likeness (QED) is 0.112. The normalized spacial score (nSPS) is 33.6. The second-order valence-electron chi connectivity index (χ2n) is 6.22. The minimum absolute atomic E-state index is 0.0651. The highest BCUT2D eigenvalue weighted by atomic mass is 31.3. The maximum Gasteiger partial charge on any atom is 0.757 e. The Hall–Kier alpha value is -1.36. The lowest BCUT2D eigenvalue weighted by atomic mass is 10.1. The predicted octanol–water partition coefficient (Wildman–Crippen LogP) is -1.14. The van der Waals surface area contributed by atoms with E-state index in [0.717, 1.165) is 6.33 Å². The smallest absolute Gasteiger partial charge is 0.387 e. The Balaban J connectivity index is 1.44. The standard InChI is InChI=1S/C10H14N5O13P3/c11-8-5-9(13-2-12-8)15(3-14-5)10-7(17)6(16)4(25-10)1-24-30(21,22)28-26-31(28,23)27-29(18,19)20/h2-4,6-7,10,16-17H,1H2,(H4-,11,12,13,18,19,20,21,22)/p+1/t4-,6-,7-,10-,31+/m1/s1. The molecule has 2 aliphatic rings. The first kappa shape index (κ1) is 22.8. The van der Waals surface area contributed by atoms with Crippen LogP contribution in [0, 0.1) is 0 Å². The molecule has 18 nitrogen and oxygen atoms in total. The van der Waals surface area contributed by atoms with Crippen LogP contribution in [0.5, 0.6) is 0 Å². The van der Waals surface area contributed by atoms with Gasteiger partial charge in [-0.3, -0.25) is 9.46 Å². The molecule has 0 amide bonds. The Kier molecular flexibility index (Phi) is 5.60. The molecule has 4 rings (SSSR count). The second-order valence-corrected chi connectivity index (χ2v) is 11.0. The number of ether oxygens (including phenoxy) is 1. The number of hydrogen-bond acceptors (Lipinski definition) is 13. The van der Waals surface area contributed by atoms with E-state index < -0.39 is 54.6 Å². The molecular formula is C10H15N5O13P3+. The van der Waals surface area contributed by atoms with Crippen molar-refractivity contribution in [1.82, 2.24) is 19.5 Å². The van der Waals surface area contributed by atoms with E-state index in [2.05, 4.69) is 28.5 Å². The van der Waals surface area contributed by atoms with Gasteiger partial charge in [-0.15, -0.1) is 4.31 Å². The van der Waals surface area contributed by atoms with Crippen LogP contribution in [-0.4, -0.2) is 69.3 Å². The van der Waals surface area contributed by atoms with Gasteiger partial charge in [0.1, 0.15) is 30.2 Å². The van der Waals surface area contributed by atoms with Crippen LogP contribution < -0.4 is 5.73 Å². The van der Waals surface area contributed by atoms with E-state index in [9.17, 15) is 28.8 Å². The largest absolute Gasteiger partial charge is 0.757 e.